The smallest absolute Gasteiger partial charge is 0.232 e. The largest absolute Gasteiger partial charge is 0.486 e. The molecule has 1 amide bonds. The molecule has 3 rings (SSSR count). The van der Waals surface area contributed by atoms with Gasteiger partial charge in [-0.3, -0.25) is 4.79 Å². The van der Waals surface area contributed by atoms with Crippen molar-refractivity contribution in [1.82, 2.24) is 4.98 Å². The zero-order valence-electron chi connectivity index (χ0n) is 11.9. The van der Waals surface area contributed by atoms with Crippen LogP contribution >= 0.6 is 0 Å². The zero-order valence-corrected chi connectivity index (χ0v) is 11.9. The second kappa shape index (κ2) is 5.47. The molecule has 110 valence electrons. The lowest BCUT2D eigenvalue weighted by Gasteiger charge is -2.18. The van der Waals surface area contributed by atoms with Gasteiger partial charge < -0.3 is 19.2 Å². The Labute approximate surface area is 122 Å². The van der Waals surface area contributed by atoms with E-state index in [0.29, 0.717) is 42.1 Å². The highest BCUT2D eigenvalue weighted by atomic mass is 16.6. The Morgan fingerprint density at radius 3 is 2.71 bits per heavy atom. The number of oxazole rings is 1. The summed E-state index contributed by atoms with van der Waals surface area (Å²) in [5, 5.41) is 2.81. The fourth-order valence-electron chi connectivity index (χ4n) is 2.21. The van der Waals surface area contributed by atoms with Crippen LogP contribution < -0.4 is 14.8 Å². The van der Waals surface area contributed by atoms with Gasteiger partial charge in [0.1, 0.15) is 19.0 Å². The van der Waals surface area contributed by atoms with E-state index in [1.165, 1.54) is 0 Å². The number of benzene rings is 1. The van der Waals surface area contributed by atoms with Gasteiger partial charge in [0.15, 0.2) is 17.4 Å². The van der Waals surface area contributed by atoms with Gasteiger partial charge >= 0.3 is 0 Å². The minimum absolute atomic E-state index is 0.154. The zero-order chi connectivity index (χ0) is 14.8. The van der Waals surface area contributed by atoms with Crippen molar-refractivity contribution in [3.8, 4) is 11.5 Å². The van der Waals surface area contributed by atoms with Gasteiger partial charge in [-0.2, -0.15) is 0 Å². The van der Waals surface area contributed by atoms with Crippen LogP contribution in [0, 0.1) is 13.8 Å². The Kier molecular flexibility index (Phi) is 3.51. The molecule has 0 saturated heterocycles. The van der Waals surface area contributed by atoms with Crippen LogP contribution in [-0.2, 0) is 11.2 Å². The Morgan fingerprint density at radius 1 is 1.24 bits per heavy atom. The molecule has 1 N–H and O–H groups in total. The normalized spacial score (nSPS) is 13.0. The monoisotopic (exact) mass is 288 g/mol. The molecule has 0 atom stereocenters. The molecule has 1 aromatic heterocycles. The molecule has 0 fully saturated rings. The van der Waals surface area contributed by atoms with E-state index >= 15 is 0 Å². The van der Waals surface area contributed by atoms with E-state index < -0.39 is 0 Å². The molecular formula is C15H16N2O4. The fraction of sp³-hybridized carbons (Fsp3) is 0.333. The molecule has 1 aliphatic rings. The first kappa shape index (κ1) is 13.5. The van der Waals surface area contributed by atoms with Crippen LogP contribution in [0.15, 0.2) is 22.6 Å². The number of carbonyl (C=O) groups is 1. The molecule has 0 aliphatic carbocycles. The third-order valence-electron chi connectivity index (χ3n) is 3.15. The number of hydrogen-bond acceptors (Lipinski definition) is 5. The maximum Gasteiger partial charge on any atom is 0.232 e. The first-order valence-corrected chi connectivity index (χ1v) is 6.74. The summed E-state index contributed by atoms with van der Waals surface area (Å²) in [7, 11) is 0. The van der Waals surface area contributed by atoms with E-state index in [1.807, 2.05) is 6.92 Å². The molecular weight excluding hydrogens is 272 g/mol. The second-order valence-corrected chi connectivity index (χ2v) is 4.82. The molecule has 0 bridgehead atoms. The molecule has 6 nitrogen and oxygen atoms in total. The third-order valence-corrected chi connectivity index (χ3v) is 3.15. The van der Waals surface area contributed by atoms with Crippen molar-refractivity contribution >= 4 is 11.6 Å². The predicted octanol–water partition coefficient (Wildman–Crippen LogP) is 2.24. The number of fused-ring (bicyclic) bond motifs is 1. The van der Waals surface area contributed by atoms with Gasteiger partial charge in [0, 0.05) is 18.7 Å². The standard InChI is InChI=1S/C15H16N2O4/c1-9-13(21-10(2)16-9)8-15(18)17-11-3-4-12-14(7-11)20-6-5-19-12/h3-4,7H,5-6,8H2,1-2H3,(H,17,18). The van der Waals surface area contributed by atoms with Crippen molar-refractivity contribution in [2.24, 2.45) is 0 Å². The Bertz CT molecular complexity index is 678. The molecule has 0 saturated carbocycles. The van der Waals surface area contributed by atoms with Gasteiger partial charge in [0.05, 0.1) is 12.1 Å². The van der Waals surface area contributed by atoms with Crippen LogP contribution in [0.4, 0.5) is 5.69 Å². The molecule has 0 radical (unpaired) electrons. The predicted molar refractivity (Wildman–Crippen MR) is 75.7 cm³/mol. The Balaban J connectivity index is 1.68. The van der Waals surface area contributed by atoms with E-state index in [2.05, 4.69) is 10.3 Å². The van der Waals surface area contributed by atoms with E-state index in [0.717, 1.165) is 5.69 Å². The highest BCUT2D eigenvalue weighted by Crippen LogP contribution is 2.32. The summed E-state index contributed by atoms with van der Waals surface area (Å²) < 4.78 is 16.3. The summed E-state index contributed by atoms with van der Waals surface area (Å²) in [6, 6.07) is 5.32. The summed E-state index contributed by atoms with van der Waals surface area (Å²) in [4.78, 5) is 16.2. The highest BCUT2D eigenvalue weighted by molar-refractivity contribution is 5.92. The van der Waals surface area contributed by atoms with Crippen LogP contribution in [0.2, 0.25) is 0 Å². The van der Waals surface area contributed by atoms with Crippen molar-refractivity contribution in [2.75, 3.05) is 18.5 Å². The summed E-state index contributed by atoms with van der Waals surface area (Å²) in [5.74, 6) is 2.33. The highest BCUT2D eigenvalue weighted by Gasteiger charge is 2.15. The Hall–Kier alpha value is -2.50. The molecule has 2 aromatic rings. The van der Waals surface area contributed by atoms with Crippen LogP contribution in [0.3, 0.4) is 0 Å². The third kappa shape index (κ3) is 2.99. The van der Waals surface area contributed by atoms with Gasteiger partial charge in [-0.05, 0) is 19.1 Å². The molecule has 0 unspecified atom stereocenters. The quantitative estimate of drug-likeness (QED) is 0.937. The minimum atomic E-state index is -0.161. The number of aromatic nitrogens is 1. The van der Waals surface area contributed by atoms with Gasteiger partial charge in [0.25, 0.3) is 0 Å². The topological polar surface area (TPSA) is 73.6 Å². The van der Waals surface area contributed by atoms with Crippen LogP contribution in [0.1, 0.15) is 17.3 Å². The van der Waals surface area contributed by atoms with Crippen molar-refractivity contribution < 1.29 is 18.7 Å². The van der Waals surface area contributed by atoms with Gasteiger partial charge in [0.2, 0.25) is 5.91 Å². The Morgan fingerprint density at radius 2 is 2.00 bits per heavy atom. The molecule has 6 heteroatoms. The average molecular weight is 288 g/mol. The molecule has 0 spiro atoms. The molecule has 1 aromatic carbocycles. The second-order valence-electron chi connectivity index (χ2n) is 4.82. The number of nitrogens with one attached hydrogen (secondary N) is 1. The van der Waals surface area contributed by atoms with Crippen molar-refractivity contribution in [3.05, 3.63) is 35.5 Å². The maximum absolute atomic E-state index is 12.0. The molecule has 21 heavy (non-hydrogen) atoms. The lowest BCUT2D eigenvalue weighted by Crippen LogP contribution is -2.17. The first-order chi connectivity index (χ1) is 10.1. The number of rotatable bonds is 3. The first-order valence-electron chi connectivity index (χ1n) is 6.74. The van der Waals surface area contributed by atoms with Crippen LogP contribution in [0.25, 0.3) is 0 Å². The molecule has 1 aliphatic heterocycles. The number of ether oxygens (including phenoxy) is 2. The number of hydrogen-bond donors (Lipinski definition) is 1. The summed E-state index contributed by atoms with van der Waals surface area (Å²) in [5.41, 5.74) is 1.41. The lowest BCUT2D eigenvalue weighted by molar-refractivity contribution is -0.115. The van der Waals surface area contributed by atoms with Crippen LogP contribution in [0.5, 0.6) is 11.5 Å². The maximum atomic E-state index is 12.0. The summed E-state index contributed by atoms with van der Waals surface area (Å²) in [6.45, 7) is 4.64. The van der Waals surface area contributed by atoms with Gasteiger partial charge in [-0.1, -0.05) is 0 Å². The van der Waals surface area contributed by atoms with Gasteiger partial charge in [-0.25, -0.2) is 4.98 Å². The number of aryl methyl sites for hydroxylation is 2. The number of anilines is 1. The van der Waals surface area contributed by atoms with E-state index in [1.54, 1.807) is 25.1 Å². The van der Waals surface area contributed by atoms with E-state index in [-0.39, 0.29) is 12.3 Å². The SMILES string of the molecule is Cc1nc(C)c(CC(=O)Nc2ccc3c(c2)OCCO3)o1. The number of nitrogens with zero attached hydrogens (tertiary/aromatic N) is 1. The van der Waals surface area contributed by atoms with Crippen LogP contribution in [-0.4, -0.2) is 24.1 Å². The van der Waals surface area contributed by atoms with Crippen molar-refractivity contribution in [2.45, 2.75) is 20.3 Å². The average Bonchev–Trinajstić information content (AvgIpc) is 2.76. The summed E-state index contributed by atoms with van der Waals surface area (Å²) in [6.07, 6.45) is 0.154. The number of carbonyl (C=O) groups excluding carboxylic acids is 1. The van der Waals surface area contributed by atoms with Crippen molar-refractivity contribution in [3.63, 3.8) is 0 Å². The number of amides is 1. The van der Waals surface area contributed by atoms with Gasteiger partial charge in [-0.15, -0.1) is 0 Å². The lowest BCUT2D eigenvalue weighted by atomic mass is 10.2. The minimum Gasteiger partial charge on any atom is -0.486 e. The fourth-order valence-corrected chi connectivity index (χ4v) is 2.21. The molecule has 2 heterocycles. The van der Waals surface area contributed by atoms with E-state index in [9.17, 15) is 4.79 Å². The summed E-state index contributed by atoms with van der Waals surface area (Å²) >= 11 is 0. The van der Waals surface area contributed by atoms with Crippen molar-refractivity contribution in [1.29, 1.82) is 0 Å². The van der Waals surface area contributed by atoms with E-state index in [4.69, 9.17) is 13.9 Å².